The normalized spacial score (nSPS) is 20.0. The number of carbonyl (C=O) groups excluding carboxylic acids is 2. The second kappa shape index (κ2) is 49.0. The van der Waals surface area contributed by atoms with E-state index in [9.17, 15) is 35.1 Å². The zero-order chi connectivity index (χ0) is 52.5. The van der Waals surface area contributed by atoms with Gasteiger partial charge in [-0.1, -0.05) is 267 Å². The summed E-state index contributed by atoms with van der Waals surface area (Å²) in [7, 11) is 0. The summed E-state index contributed by atoms with van der Waals surface area (Å²) >= 11 is 0. The summed E-state index contributed by atoms with van der Waals surface area (Å²) in [5, 5.41) is 56.7. The Balaban J connectivity index is 2.72. The van der Waals surface area contributed by atoms with Gasteiger partial charge >= 0.3 is 5.97 Å². The minimum absolute atomic E-state index is 0.116. The van der Waals surface area contributed by atoms with Crippen LogP contribution in [0.2, 0.25) is 0 Å². The first kappa shape index (κ1) is 67.1. The first-order valence-corrected chi connectivity index (χ1v) is 29.3. The molecule has 1 heterocycles. The quantitative estimate of drug-likeness (QED) is 0.0149. The number of allylic oxidation sites excluding steroid dienone is 11. The minimum Gasteiger partial charge on any atom is -0.454 e. The van der Waals surface area contributed by atoms with Crippen LogP contribution >= 0.6 is 0 Å². The van der Waals surface area contributed by atoms with Gasteiger partial charge in [0.1, 0.15) is 24.4 Å². The van der Waals surface area contributed by atoms with Gasteiger partial charge in [-0.3, -0.25) is 9.59 Å². The van der Waals surface area contributed by atoms with Crippen LogP contribution in [0.1, 0.15) is 239 Å². The fourth-order valence-electron chi connectivity index (χ4n) is 8.86. The molecule has 1 amide bonds. The largest absolute Gasteiger partial charge is 0.454 e. The van der Waals surface area contributed by atoms with E-state index in [2.05, 4.69) is 32.2 Å². The van der Waals surface area contributed by atoms with E-state index in [1.807, 2.05) is 60.8 Å². The molecule has 1 aliphatic rings. The topological polar surface area (TPSA) is 175 Å². The molecular formula is C61H107NO10. The smallest absolute Gasteiger partial charge is 0.306 e. The van der Waals surface area contributed by atoms with Gasteiger partial charge in [0.15, 0.2) is 12.4 Å². The second-order valence-corrected chi connectivity index (χ2v) is 20.1. The maximum Gasteiger partial charge on any atom is 0.306 e. The van der Waals surface area contributed by atoms with E-state index in [0.29, 0.717) is 12.8 Å². The molecule has 0 aromatic heterocycles. The number of amides is 1. The fraction of sp³-hybridized carbons (Fsp3) is 0.770. The molecule has 0 aromatic carbocycles. The first-order valence-electron chi connectivity index (χ1n) is 29.3. The third-order valence-corrected chi connectivity index (χ3v) is 13.5. The number of unbranched alkanes of at least 4 members (excludes halogenated alkanes) is 28. The zero-order valence-corrected chi connectivity index (χ0v) is 45.8. The number of aliphatic hydroxyl groups is 5. The molecule has 1 saturated heterocycles. The van der Waals surface area contributed by atoms with Crippen molar-refractivity contribution in [1.82, 2.24) is 5.32 Å². The third kappa shape index (κ3) is 36.9. The van der Waals surface area contributed by atoms with E-state index >= 15 is 0 Å². The molecular weight excluding hydrogens is 907 g/mol. The SMILES string of the molecule is CC/C=C/C=C/C=C\C=C/C=C/CCC(O)C(=O)NC(COC1OC(CO)C(O)C(O)C1OC(=O)CCCCCCCCCCCCCCCCCCCCC)C(O)/C=C/CCCCCCCCCCCC. The second-order valence-electron chi connectivity index (χ2n) is 20.1. The molecule has 72 heavy (non-hydrogen) atoms. The van der Waals surface area contributed by atoms with Gasteiger partial charge in [-0.05, 0) is 38.5 Å². The molecule has 0 saturated carbocycles. The summed E-state index contributed by atoms with van der Waals surface area (Å²) in [4.78, 5) is 26.4. The standard InChI is InChI=1S/C61H107NO10/c1-4-7-10-13-16-19-22-25-26-27-28-29-30-31-34-37-40-43-46-49-56(66)72-59-58(68)57(67)55(50-63)71-61(59)70-51-52(53(64)47-44-41-38-35-32-23-20-17-14-11-8-5-2)62-60(69)54(65)48-45-42-39-36-33-24-21-18-15-12-9-6-3/h9,12,15,18,21,24,33,36,39,42,44,47,52-55,57-59,61,63-65,67-68H,4-8,10-11,13-14,16-17,19-20,22-23,25-32,34-35,37-38,40-41,43,45-46,48-51H2,1-3H3,(H,62,69)/b12-9+,18-15+,24-21-,36-33-,42-39+,47-44+. The van der Waals surface area contributed by atoms with Crippen molar-refractivity contribution in [1.29, 1.82) is 0 Å². The Bertz CT molecular complexity index is 1440. The maximum atomic E-state index is 13.3. The number of rotatable bonds is 48. The van der Waals surface area contributed by atoms with Crippen molar-refractivity contribution in [2.24, 2.45) is 0 Å². The van der Waals surface area contributed by atoms with Crippen molar-refractivity contribution in [2.45, 2.75) is 288 Å². The van der Waals surface area contributed by atoms with E-state index in [1.165, 1.54) is 141 Å². The Morgan fingerprint density at radius 2 is 1.00 bits per heavy atom. The van der Waals surface area contributed by atoms with E-state index in [-0.39, 0.29) is 19.4 Å². The molecule has 0 spiro atoms. The molecule has 8 unspecified atom stereocenters. The molecule has 416 valence electrons. The molecule has 8 atom stereocenters. The summed E-state index contributed by atoms with van der Waals surface area (Å²) in [6.45, 7) is 5.59. The Hall–Kier alpha value is -2.90. The Morgan fingerprint density at radius 3 is 1.47 bits per heavy atom. The molecule has 6 N–H and O–H groups in total. The Morgan fingerprint density at radius 1 is 0.556 bits per heavy atom. The van der Waals surface area contributed by atoms with Crippen LogP contribution in [-0.4, -0.2) is 99.6 Å². The Kier molecular flexibility index (Phi) is 45.7. The van der Waals surface area contributed by atoms with Gasteiger partial charge in [0.2, 0.25) is 5.91 Å². The molecule has 1 rings (SSSR count). The van der Waals surface area contributed by atoms with E-state index in [0.717, 1.165) is 51.4 Å². The van der Waals surface area contributed by atoms with Crippen molar-refractivity contribution in [3.8, 4) is 0 Å². The summed E-state index contributed by atoms with van der Waals surface area (Å²) in [5.41, 5.74) is 0. The number of ether oxygens (including phenoxy) is 3. The molecule has 1 fully saturated rings. The number of hydrogen-bond donors (Lipinski definition) is 6. The summed E-state index contributed by atoms with van der Waals surface area (Å²) < 4.78 is 17.5. The molecule has 0 bridgehead atoms. The van der Waals surface area contributed by atoms with Crippen LogP contribution in [-0.2, 0) is 23.8 Å². The average Bonchev–Trinajstić information content (AvgIpc) is 3.38. The fourth-order valence-corrected chi connectivity index (χ4v) is 8.86. The predicted octanol–water partition coefficient (Wildman–Crippen LogP) is 13.2. The van der Waals surface area contributed by atoms with Gasteiger partial charge in [-0.25, -0.2) is 0 Å². The number of aliphatic hydroxyl groups excluding tert-OH is 5. The summed E-state index contributed by atoms with van der Waals surface area (Å²) in [6.07, 6.45) is 51.1. The van der Waals surface area contributed by atoms with E-state index in [1.54, 1.807) is 6.08 Å². The van der Waals surface area contributed by atoms with Crippen LogP contribution in [0.15, 0.2) is 72.9 Å². The Labute approximate surface area is 439 Å². The van der Waals surface area contributed by atoms with Crippen LogP contribution in [0, 0.1) is 0 Å². The van der Waals surface area contributed by atoms with Crippen LogP contribution in [0.3, 0.4) is 0 Å². The van der Waals surface area contributed by atoms with Crippen LogP contribution < -0.4 is 5.32 Å². The third-order valence-electron chi connectivity index (χ3n) is 13.5. The van der Waals surface area contributed by atoms with Crippen LogP contribution in [0.5, 0.6) is 0 Å². The highest BCUT2D eigenvalue weighted by Gasteiger charge is 2.47. The lowest BCUT2D eigenvalue weighted by molar-refractivity contribution is -0.305. The zero-order valence-electron chi connectivity index (χ0n) is 45.8. The number of hydrogen-bond acceptors (Lipinski definition) is 10. The van der Waals surface area contributed by atoms with Crippen LogP contribution in [0.25, 0.3) is 0 Å². The first-order chi connectivity index (χ1) is 35.2. The van der Waals surface area contributed by atoms with Crippen molar-refractivity contribution >= 4 is 11.9 Å². The minimum atomic E-state index is -1.63. The lowest BCUT2D eigenvalue weighted by Crippen LogP contribution is -2.61. The molecule has 0 aromatic rings. The average molecular weight is 1010 g/mol. The number of esters is 1. The van der Waals surface area contributed by atoms with Gasteiger partial charge in [0, 0.05) is 6.42 Å². The highest BCUT2D eigenvalue weighted by Crippen LogP contribution is 2.26. The lowest BCUT2D eigenvalue weighted by atomic mass is 9.99. The van der Waals surface area contributed by atoms with Gasteiger partial charge < -0.3 is 45.1 Å². The van der Waals surface area contributed by atoms with Crippen molar-refractivity contribution in [3.05, 3.63) is 72.9 Å². The van der Waals surface area contributed by atoms with E-state index < -0.39 is 67.4 Å². The molecule has 11 nitrogen and oxygen atoms in total. The van der Waals surface area contributed by atoms with Crippen molar-refractivity contribution < 1.29 is 49.3 Å². The predicted molar refractivity (Wildman–Crippen MR) is 296 cm³/mol. The highest BCUT2D eigenvalue weighted by atomic mass is 16.7. The van der Waals surface area contributed by atoms with Gasteiger partial charge in [-0.15, -0.1) is 0 Å². The van der Waals surface area contributed by atoms with Crippen molar-refractivity contribution in [3.63, 3.8) is 0 Å². The molecule has 1 aliphatic heterocycles. The number of carbonyl (C=O) groups is 2. The monoisotopic (exact) mass is 1010 g/mol. The summed E-state index contributed by atoms with van der Waals surface area (Å²) in [5.74, 6) is -1.27. The summed E-state index contributed by atoms with van der Waals surface area (Å²) in [6, 6.07) is -1.06. The number of nitrogens with one attached hydrogen (secondary N) is 1. The molecule has 11 heteroatoms. The molecule has 0 aliphatic carbocycles. The maximum absolute atomic E-state index is 13.3. The van der Waals surface area contributed by atoms with E-state index in [4.69, 9.17) is 14.2 Å². The lowest BCUT2D eigenvalue weighted by Gasteiger charge is -2.41. The van der Waals surface area contributed by atoms with Crippen LogP contribution in [0.4, 0.5) is 0 Å². The van der Waals surface area contributed by atoms with Gasteiger partial charge in [0.25, 0.3) is 0 Å². The van der Waals surface area contributed by atoms with Gasteiger partial charge in [0.05, 0.1) is 25.4 Å². The van der Waals surface area contributed by atoms with Gasteiger partial charge in [-0.2, -0.15) is 0 Å². The molecule has 0 radical (unpaired) electrons. The van der Waals surface area contributed by atoms with Crippen molar-refractivity contribution in [2.75, 3.05) is 13.2 Å². The highest BCUT2D eigenvalue weighted by molar-refractivity contribution is 5.80.